The van der Waals surface area contributed by atoms with E-state index in [0.717, 1.165) is 0 Å². The van der Waals surface area contributed by atoms with Crippen LogP contribution in [0, 0.1) is 11.3 Å². The highest BCUT2D eigenvalue weighted by Gasteiger charge is 2.33. The first kappa shape index (κ1) is 14.3. The molecule has 0 aliphatic carbocycles. The van der Waals surface area contributed by atoms with Crippen molar-refractivity contribution in [2.75, 3.05) is 0 Å². The van der Waals surface area contributed by atoms with E-state index in [1.165, 1.54) is 0 Å². The van der Waals surface area contributed by atoms with Crippen molar-refractivity contribution >= 4 is 69.6 Å². The van der Waals surface area contributed by atoms with Crippen molar-refractivity contribution in [2.45, 2.75) is 7.59 Å². The zero-order valence-electron chi connectivity index (χ0n) is 7.06. The Kier molecular flexibility index (Phi) is 4.34. The van der Waals surface area contributed by atoms with Crippen LogP contribution in [-0.4, -0.2) is 15.0 Å². The molecule has 86 valence electrons. The monoisotopic (exact) mass is 338 g/mol. The van der Waals surface area contributed by atoms with E-state index >= 15 is 0 Å². The van der Waals surface area contributed by atoms with Crippen LogP contribution in [0.3, 0.4) is 0 Å². The predicted molar refractivity (Wildman–Crippen MR) is 63.0 cm³/mol. The SMILES string of the molecule is N#Cc1nc(C(Cl)(Cl)Cl)nc(C(Cl)(Cl)Cl)n1. The third-order valence-electron chi connectivity index (χ3n) is 1.24. The minimum Gasteiger partial charge on any atom is -0.209 e. The second-order valence-electron chi connectivity index (χ2n) is 2.41. The fraction of sp³-hybridized carbons (Fsp3) is 0.333. The molecule has 0 saturated heterocycles. The van der Waals surface area contributed by atoms with E-state index in [1.54, 1.807) is 6.07 Å². The maximum absolute atomic E-state index is 8.66. The van der Waals surface area contributed by atoms with Crippen molar-refractivity contribution in [1.29, 1.82) is 5.26 Å². The van der Waals surface area contributed by atoms with Crippen LogP contribution in [0.5, 0.6) is 0 Å². The van der Waals surface area contributed by atoms with E-state index in [-0.39, 0.29) is 17.5 Å². The van der Waals surface area contributed by atoms with Gasteiger partial charge in [-0.15, -0.1) is 0 Å². The minimum atomic E-state index is -1.93. The fourth-order valence-corrected chi connectivity index (χ4v) is 1.19. The highest BCUT2D eigenvalue weighted by molar-refractivity contribution is 6.67. The van der Waals surface area contributed by atoms with Gasteiger partial charge in [-0.2, -0.15) is 15.2 Å². The molecule has 0 bridgehead atoms. The number of nitriles is 1. The zero-order chi connectivity index (χ0) is 12.6. The summed E-state index contributed by atoms with van der Waals surface area (Å²) in [5, 5.41) is 8.66. The van der Waals surface area contributed by atoms with E-state index in [4.69, 9.17) is 74.9 Å². The van der Waals surface area contributed by atoms with E-state index in [9.17, 15) is 0 Å². The molecule has 0 aromatic carbocycles. The Labute approximate surface area is 120 Å². The summed E-state index contributed by atoms with van der Waals surface area (Å²) in [5.41, 5.74) is 0. The molecule has 0 aliphatic rings. The lowest BCUT2D eigenvalue weighted by atomic mass is 10.5. The van der Waals surface area contributed by atoms with Crippen molar-refractivity contribution in [3.8, 4) is 6.07 Å². The summed E-state index contributed by atoms with van der Waals surface area (Å²) in [4.78, 5) is 10.8. The molecule has 16 heavy (non-hydrogen) atoms. The lowest BCUT2D eigenvalue weighted by Gasteiger charge is -2.13. The number of nitrogens with zero attached hydrogens (tertiary/aromatic N) is 4. The van der Waals surface area contributed by atoms with Crippen molar-refractivity contribution in [3.63, 3.8) is 0 Å². The summed E-state index contributed by atoms with van der Waals surface area (Å²) in [6, 6.07) is 1.64. The van der Waals surface area contributed by atoms with E-state index in [0.29, 0.717) is 0 Å². The van der Waals surface area contributed by atoms with Gasteiger partial charge < -0.3 is 0 Å². The average molecular weight is 341 g/mol. The van der Waals surface area contributed by atoms with Gasteiger partial charge in [-0.3, -0.25) is 0 Å². The summed E-state index contributed by atoms with van der Waals surface area (Å²) in [7, 11) is 0. The molecule has 1 aromatic rings. The lowest BCUT2D eigenvalue weighted by Crippen LogP contribution is -2.17. The first-order valence-corrected chi connectivity index (χ1v) is 5.72. The standard InChI is InChI=1S/C6Cl6N4/c7-5(8,9)3-14-2(1-13)15-4(16-3)6(10,11)12. The normalized spacial score (nSPS) is 12.3. The van der Waals surface area contributed by atoms with Crippen LogP contribution in [-0.2, 0) is 7.59 Å². The zero-order valence-corrected chi connectivity index (χ0v) is 11.6. The summed E-state index contributed by atoms with van der Waals surface area (Å²) in [5.74, 6) is -0.881. The Balaban J connectivity index is 3.41. The Morgan fingerprint density at radius 3 is 1.44 bits per heavy atom. The van der Waals surface area contributed by atoms with Crippen LogP contribution in [0.4, 0.5) is 0 Å². The maximum atomic E-state index is 8.66. The molecule has 1 heterocycles. The molecule has 0 fully saturated rings. The average Bonchev–Trinajstić information content (AvgIpc) is 2.14. The van der Waals surface area contributed by atoms with Crippen molar-refractivity contribution in [2.24, 2.45) is 0 Å². The van der Waals surface area contributed by atoms with Crippen LogP contribution < -0.4 is 0 Å². The van der Waals surface area contributed by atoms with Gasteiger partial charge >= 0.3 is 0 Å². The topological polar surface area (TPSA) is 62.5 Å². The second-order valence-corrected chi connectivity index (χ2v) is 6.98. The first-order chi connectivity index (χ1) is 7.14. The smallest absolute Gasteiger partial charge is 0.209 e. The van der Waals surface area contributed by atoms with Crippen LogP contribution >= 0.6 is 69.6 Å². The van der Waals surface area contributed by atoms with Crippen LogP contribution in [0.25, 0.3) is 0 Å². The molecular weight excluding hydrogens is 341 g/mol. The summed E-state index contributed by atoms with van der Waals surface area (Å²) >= 11 is 33.3. The van der Waals surface area contributed by atoms with Gasteiger partial charge in [0.25, 0.3) is 0 Å². The van der Waals surface area contributed by atoms with Gasteiger partial charge in [0.1, 0.15) is 6.07 Å². The van der Waals surface area contributed by atoms with Gasteiger partial charge in [0.15, 0.2) is 11.6 Å². The number of hydrogen-bond acceptors (Lipinski definition) is 4. The molecule has 0 spiro atoms. The molecule has 4 nitrogen and oxygen atoms in total. The Morgan fingerprint density at radius 1 is 0.812 bits per heavy atom. The number of alkyl halides is 6. The largest absolute Gasteiger partial charge is 0.250 e. The van der Waals surface area contributed by atoms with Crippen molar-refractivity contribution in [3.05, 3.63) is 17.5 Å². The Hall–Kier alpha value is 0.240. The third kappa shape index (κ3) is 3.63. The Bertz CT molecular complexity index is 410. The maximum Gasteiger partial charge on any atom is 0.250 e. The van der Waals surface area contributed by atoms with Gasteiger partial charge in [0, 0.05) is 0 Å². The van der Waals surface area contributed by atoms with Gasteiger partial charge in [-0.05, 0) is 0 Å². The molecule has 0 radical (unpaired) electrons. The molecule has 1 aromatic heterocycles. The molecule has 0 atom stereocenters. The van der Waals surface area contributed by atoms with Crippen LogP contribution in [0.1, 0.15) is 17.5 Å². The Morgan fingerprint density at radius 2 is 1.19 bits per heavy atom. The highest BCUT2D eigenvalue weighted by atomic mass is 35.6. The van der Waals surface area contributed by atoms with E-state index < -0.39 is 7.59 Å². The summed E-state index contributed by atoms with van der Waals surface area (Å²) in [6.45, 7) is 0. The lowest BCUT2D eigenvalue weighted by molar-refractivity contribution is 0.831. The summed E-state index contributed by atoms with van der Waals surface area (Å²) in [6.07, 6.45) is 0. The number of hydrogen-bond donors (Lipinski definition) is 0. The number of rotatable bonds is 0. The first-order valence-electron chi connectivity index (χ1n) is 3.45. The molecule has 0 saturated carbocycles. The number of aromatic nitrogens is 3. The van der Waals surface area contributed by atoms with Crippen LogP contribution in [0.15, 0.2) is 0 Å². The predicted octanol–water partition coefficient (Wildman–Crippen LogP) is 3.40. The molecule has 0 N–H and O–H groups in total. The minimum absolute atomic E-state index is 0.287. The molecule has 0 unspecified atom stereocenters. The highest BCUT2D eigenvalue weighted by Crippen LogP contribution is 2.39. The van der Waals surface area contributed by atoms with Crippen molar-refractivity contribution in [1.82, 2.24) is 15.0 Å². The summed E-state index contributed by atoms with van der Waals surface area (Å²) < 4.78 is -3.86. The van der Waals surface area contributed by atoms with Gasteiger partial charge in [-0.1, -0.05) is 69.6 Å². The molecule has 0 aliphatic heterocycles. The van der Waals surface area contributed by atoms with Gasteiger partial charge in [-0.25, -0.2) is 4.98 Å². The quantitative estimate of drug-likeness (QED) is 0.679. The third-order valence-corrected chi connectivity index (χ3v) is 2.26. The van der Waals surface area contributed by atoms with Gasteiger partial charge in [0.2, 0.25) is 13.4 Å². The fourth-order valence-electron chi connectivity index (χ4n) is 0.679. The van der Waals surface area contributed by atoms with Crippen molar-refractivity contribution < 1.29 is 0 Å². The molecule has 1 rings (SSSR count). The molecule has 0 amide bonds. The molecular formula is C6Cl6N4. The van der Waals surface area contributed by atoms with Crippen LogP contribution in [0.2, 0.25) is 0 Å². The van der Waals surface area contributed by atoms with E-state index in [1.807, 2.05) is 0 Å². The van der Waals surface area contributed by atoms with Gasteiger partial charge in [0.05, 0.1) is 0 Å². The number of halogens is 6. The molecule has 10 heteroatoms. The second kappa shape index (κ2) is 4.85. The van der Waals surface area contributed by atoms with E-state index in [2.05, 4.69) is 15.0 Å².